The van der Waals surface area contributed by atoms with Crippen LogP contribution in [0.4, 0.5) is 0 Å². The van der Waals surface area contributed by atoms with E-state index in [1.807, 2.05) is 31.2 Å². The van der Waals surface area contributed by atoms with Crippen molar-refractivity contribution in [1.29, 1.82) is 0 Å². The second kappa shape index (κ2) is 8.12. The molecule has 1 atom stereocenters. The predicted octanol–water partition coefficient (Wildman–Crippen LogP) is 2.15. The Kier molecular flexibility index (Phi) is 6.17. The lowest BCUT2D eigenvalue weighted by molar-refractivity contribution is -0.183. The number of carbonyl (C=O) groups is 1. The van der Waals surface area contributed by atoms with E-state index >= 15 is 0 Å². The van der Waals surface area contributed by atoms with Gasteiger partial charge in [0.1, 0.15) is 0 Å². The molecule has 21 heavy (non-hydrogen) atoms. The van der Waals surface area contributed by atoms with Crippen molar-refractivity contribution in [3.63, 3.8) is 0 Å². The lowest BCUT2D eigenvalue weighted by Crippen LogP contribution is -2.18. The molecule has 1 saturated heterocycles. The first-order valence-electron chi connectivity index (χ1n) is 7.33. The molecule has 0 aromatic heterocycles. The standard InChI is InChI=1S/C16H22O5/c1-12(15(18)19-9-2-8-17)13-4-6-14(7-5-13)16-20-10-3-11-21-16/h4-7,12,16-17H,2-3,8-11H2,1H3. The molecular weight excluding hydrogens is 272 g/mol. The summed E-state index contributed by atoms with van der Waals surface area (Å²) in [4.78, 5) is 11.9. The third-order valence-electron chi connectivity index (χ3n) is 3.44. The van der Waals surface area contributed by atoms with Gasteiger partial charge < -0.3 is 19.3 Å². The van der Waals surface area contributed by atoms with Crippen molar-refractivity contribution in [3.8, 4) is 0 Å². The summed E-state index contributed by atoms with van der Waals surface area (Å²) in [5.74, 6) is -0.604. The largest absolute Gasteiger partial charge is 0.465 e. The zero-order chi connectivity index (χ0) is 15.1. The molecule has 1 unspecified atom stereocenters. The van der Waals surface area contributed by atoms with Gasteiger partial charge in [-0.3, -0.25) is 4.79 Å². The number of hydrogen-bond acceptors (Lipinski definition) is 5. The maximum atomic E-state index is 11.9. The molecule has 1 aromatic carbocycles. The molecule has 1 aliphatic heterocycles. The molecule has 5 nitrogen and oxygen atoms in total. The van der Waals surface area contributed by atoms with Gasteiger partial charge in [0.2, 0.25) is 0 Å². The number of hydrogen-bond donors (Lipinski definition) is 1. The monoisotopic (exact) mass is 294 g/mol. The quantitative estimate of drug-likeness (QED) is 0.643. The van der Waals surface area contributed by atoms with Gasteiger partial charge in [-0.05, 0) is 18.9 Å². The van der Waals surface area contributed by atoms with E-state index in [1.165, 1.54) is 0 Å². The van der Waals surface area contributed by atoms with Crippen LogP contribution in [-0.2, 0) is 19.0 Å². The van der Waals surface area contributed by atoms with Crippen molar-refractivity contribution in [3.05, 3.63) is 35.4 Å². The fraction of sp³-hybridized carbons (Fsp3) is 0.562. The zero-order valence-electron chi connectivity index (χ0n) is 12.3. The lowest BCUT2D eigenvalue weighted by Gasteiger charge is -2.23. The van der Waals surface area contributed by atoms with Gasteiger partial charge in [-0.15, -0.1) is 0 Å². The highest BCUT2D eigenvalue weighted by Gasteiger charge is 2.19. The van der Waals surface area contributed by atoms with E-state index in [9.17, 15) is 4.79 Å². The Morgan fingerprint density at radius 3 is 2.62 bits per heavy atom. The van der Waals surface area contributed by atoms with Gasteiger partial charge in [-0.2, -0.15) is 0 Å². The lowest BCUT2D eigenvalue weighted by atomic mass is 10.00. The summed E-state index contributed by atoms with van der Waals surface area (Å²) in [7, 11) is 0. The Hall–Kier alpha value is -1.43. The van der Waals surface area contributed by atoms with Crippen LogP contribution in [0.5, 0.6) is 0 Å². The minimum absolute atomic E-state index is 0.0255. The van der Waals surface area contributed by atoms with Crippen molar-refractivity contribution in [2.45, 2.75) is 32.0 Å². The highest BCUT2D eigenvalue weighted by Crippen LogP contribution is 2.25. The summed E-state index contributed by atoms with van der Waals surface area (Å²) in [6.07, 6.45) is 1.08. The summed E-state index contributed by atoms with van der Waals surface area (Å²) in [6.45, 7) is 3.50. The number of benzene rings is 1. The SMILES string of the molecule is CC(C(=O)OCCCO)c1ccc(C2OCCCO2)cc1. The molecule has 1 N–H and O–H groups in total. The highest BCUT2D eigenvalue weighted by molar-refractivity contribution is 5.77. The van der Waals surface area contributed by atoms with Crippen LogP contribution in [0.25, 0.3) is 0 Å². The second-order valence-corrected chi connectivity index (χ2v) is 5.06. The predicted molar refractivity (Wildman–Crippen MR) is 76.8 cm³/mol. The second-order valence-electron chi connectivity index (χ2n) is 5.06. The topological polar surface area (TPSA) is 65.0 Å². The molecule has 0 aliphatic carbocycles. The van der Waals surface area contributed by atoms with Gasteiger partial charge in [0.25, 0.3) is 0 Å². The molecule has 0 amide bonds. The summed E-state index contributed by atoms with van der Waals surface area (Å²) in [6, 6.07) is 7.63. The van der Waals surface area contributed by atoms with E-state index in [0.29, 0.717) is 19.6 Å². The fourth-order valence-corrected chi connectivity index (χ4v) is 2.12. The summed E-state index contributed by atoms with van der Waals surface area (Å²) in [5.41, 5.74) is 1.85. The number of carbonyl (C=O) groups excluding carboxylic acids is 1. The van der Waals surface area contributed by atoms with Crippen molar-refractivity contribution < 1.29 is 24.1 Å². The maximum Gasteiger partial charge on any atom is 0.313 e. The van der Waals surface area contributed by atoms with E-state index in [1.54, 1.807) is 0 Å². The molecule has 0 bridgehead atoms. The van der Waals surface area contributed by atoms with Crippen molar-refractivity contribution in [2.24, 2.45) is 0 Å². The average molecular weight is 294 g/mol. The molecule has 1 fully saturated rings. The van der Waals surface area contributed by atoms with Crippen LogP contribution in [0.2, 0.25) is 0 Å². The van der Waals surface area contributed by atoms with Gasteiger partial charge in [0.15, 0.2) is 6.29 Å². The molecule has 1 aliphatic rings. The third-order valence-corrected chi connectivity index (χ3v) is 3.44. The van der Waals surface area contributed by atoms with E-state index in [4.69, 9.17) is 19.3 Å². The maximum absolute atomic E-state index is 11.9. The Bertz CT molecular complexity index is 436. The smallest absolute Gasteiger partial charge is 0.313 e. The molecule has 0 spiro atoms. The molecular formula is C16H22O5. The minimum atomic E-state index is -0.328. The molecule has 116 valence electrons. The first-order chi connectivity index (χ1) is 10.2. The molecule has 0 saturated carbocycles. The van der Waals surface area contributed by atoms with Crippen LogP contribution in [0.3, 0.4) is 0 Å². The number of ether oxygens (including phenoxy) is 3. The molecule has 1 aromatic rings. The Morgan fingerprint density at radius 1 is 1.33 bits per heavy atom. The number of aliphatic hydroxyl groups excluding tert-OH is 1. The minimum Gasteiger partial charge on any atom is -0.465 e. The zero-order valence-corrected chi connectivity index (χ0v) is 12.3. The van der Waals surface area contributed by atoms with Crippen LogP contribution >= 0.6 is 0 Å². The van der Waals surface area contributed by atoms with Crippen LogP contribution in [-0.4, -0.2) is 37.5 Å². The Balaban J connectivity index is 1.92. The fourth-order valence-electron chi connectivity index (χ4n) is 2.12. The average Bonchev–Trinajstić information content (AvgIpc) is 2.55. The number of esters is 1. The first kappa shape index (κ1) is 15.9. The van der Waals surface area contributed by atoms with E-state index in [2.05, 4.69) is 0 Å². The van der Waals surface area contributed by atoms with Crippen molar-refractivity contribution in [1.82, 2.24) is 0 Å². The molecule has 0 radical (unpaired) electrons. The summed E-state index contributed by atoms with van der Waals surface area (Å²) in [5, 5.41) is 8.67. The van der Waals surface area contributed by atoms with Gasteiger partial charge in [-0.25, -0.2) is 0 Å². The van der Waals surface area contributed by atoms with Crippen molar-refractivity contribution >= 4 is 5.97 Å². The van der Waals surface area contributed by atoms with E-state index in [0.717, 1.165) is 17.5 Å². The van der Waals surface area contributed by atoms with E-state index < -0.39 is 0 Å². The normalized spacial score (nSPS) is 17.4. The van der Waals surface area contributed by atoms with Crippen LogP contribution in [0.1, 0.15) is 43.1 Å². The van der Waals surface area contributed by atoms with Crippen LogP contribution < -0.4 is 0 Å². The number of aliphatic hydroxyl groups is 1. The first-order valence-corrected chi connectivity index (χ1v) is 7.33. The van der Waals surface area contributed by atoms with Gasteiger partial charge in [-0.1, -0.05) is 24.3 Å². The van der Waals surface area contributed by atoms with Crippen molar-refractivity contribution in [2.75, 3.05) is 26.4 Å². The molecule has 5 heteroatoms. The van der Waals surface area contributed by atoms with Gasteiger partial charge in [0, 0.05) is 18.6 Å². The van der Waals surface area contributed by atoms with Crippen LogP contribution in [0.15, 0.2) is 24.3 Å². The summed E-state index contributed by atoms with van der Waals surface area (Å²) < 4.78 is 16.2. The third kappa shape index (κ3) is 4.52. The van der Waals surface area contributed by atoms with E-state index in [-0.39, 0.29) is 31.4 Å². The van der Waals surface area contributed by atoms with Gasteiger partial charge in [0.05, 0.1) is 25.7 Å². The molecule has 2 rings (SSSR count). The highest BCUT2D eigenvalue weighted by atomic mass is 16.7. The Morgan fingerprint density at radius 2 is 2.00 bits per heavy atom. The Labute approximate surface area is 124 Å². The number of rotatable bonds is 6. The van der Waals surface area contributed by atoms with Crippen LogP contribution in [0, 0.1) is 0 Å². The molecule has 1 heterocycles. The summed E-state index contributed by atoms with van der Waals surface area (Å²) >= 11 is 0. The van der Waals surface area contributed by atoms with Gasteiger partial charge >= 0.3 is 5.97 Å².